The van der Waals surface area contributed by atoms with Crippen LogP contribution in [0.2, 0.25) is 0 Å². The molecule has 1 aromatic carbocycles. The minimum Gasteiger partial charge on any atom is -0.349 e. The summed E-state index contributed by atoms with van der Waals surface area (Å²) >= 11 is 1.28. The van der Waals surface area contributed by atoms with E-state index in [-0.39, 0.29) is 29.6 Å². The number of nitrogens with zero attached hydrogens (tertiary/aromatic N) is 2. The number of rotatable bonds is 6. The van der Waals surface area contributed by atoms with Crippen LogP contribution < -0.4 is 10.6 Å². The second-order valence-electron chi connectivity index (χ2n) is 5.85. The number of thioether (sulfide) groups is 1. The number of sulfonamides is 1. The largest absolute Gasteiger partial charge is 0.349 e. The van der Waals surface area contributed by atoms with Gasteiger partial charge in [0.2, 0.25) is 21.8 Å². The summed E-state index contributed by atoms with van der Waals surface area (Å²) < 4.78 is 26.5. The fraction of sp³-hybridized carbons (Fsp3) is 0.235. The highest BCUT2D eigenvalue weighted by Crippen LogP contribution is 2.33. The van der Waals surface area contributed by atoms with Crippen LogP contribution in [0.3, 0.4) is 0 Å². The van der Waals surface area contributed by atoms with Crippen molar-refractivity contribution in [2.24, 2.45) is 0 Å². The topological polar surface area (TPSA) is 108 Å². The number of anilines is 1. The van der Waals surface area contributed by atoms with Gasteiger partial charge < -0.3 is 10.6 Å². The first-order valence-electron chi connectivity index (χ1n) is 8.06. The molecule has 1 aromatic heterocycles. The lowest BCUT2D eigenvalue weighted by atomic mass is 10.3. The maximum atomic E-state index is 12.7. The lowest BCUT2D eigenvalue weighted by Crippen LogP contribution is -2.38. The number of nitrogens with one attached hydrogen (secondary N) is 2. The number of benzene rings is 1. The van der Waals surface area contributed by atoms with E-state index in [0.29, 0.717) is 16.3 Å². The van der Waals surface area contributed by atoms with Crippen LogP contribution in [0.25, 0.3) is 0 Å². The molecular weight excluding hydrogens is 388 g/mol. The second-order valence-corrected chi connectivity index (χ2v) is 8.92. The van der Waals surface area contributed by atoms with Crippen molar-refractivity contribution in [2.45, 2.75) is 16.3 Å². The van der Waals surface area contributed by atoms with E-state index < -0.39 is 15.9 Å². The predicted octanol–water partition coefficient (Wildman–Crippen LogP) is 1.06. The molecule has 2 aromatic rings. The Kier molecular flexibility index (Phi) is 5.78. The first-order valence-corrected chi connectivity index (χ1v) is 10.5. The first kappa shape index (κ1) is 19.3. The van der Waals surface area contributed by atoms with Crippen LogP contribution in [0, 0.1) is 0 Å². The summed E-state index contributed by atoms with van der Waals surface area (Å²) in [4.78, 5) is 28.3. The van der Waals surface area contributed by atoms with Crippen molar-refractivity contribution in [3.63, 3.8) is 0 Å². The number of hydrogen-bond acceptors (Lipinski definition) is 6. The van der Waals surface area contributed by atoms with Crippen molar-refractivity contribution in [3.8, 4) is 0 Å². The van der Waals surface area contributed by atoms with E-state index in [2.05, 4.69) is 15.6 Å². The van der Waals surface area contributed by atoms with Gasteiger partial charge in [0.1, 0.15) is 0 Å². The molecule has 8 nitrogen and oxygen atoms in total. The number of carbonyl (C=O) groups is 2. The Balaban J connectivity index is 1.65. The van der Waals surface area contributed by atoms with Gasteiger partial charge in [0.15, 0.2) is 0 Å². The molecule has 2 amide bonds. The van der Waals surface area contributed by atoms with Crippen LogP contribution in [0.1, 0.15) is 5.69 Å². The molecule has 2 heterocycles. The van der Waals surface area contributed by atoms with E-state index in [1.165, 1.54) is 30.9 Å². The number of hydrogen-bond donors (Lipinski definition) is 2. The van der Waals surface area contributed by atoms with Gasteiger partial charge in [0, 0.05) is 18.1 Å². The number of fused-ring (bicyclic) bond motifs is 1. The van der Waals surface area contributed by atoms with Crippen LogP contribution in [0.15, 0.2) is 52.4 Å². The van der Waals surface area contributed by atoms with Crippen molar-refractivity contribution >= 4 is 39.3 Å². The molecule has 27 heavy (non-hydrogen) atoms. The Morgan fingerprint density at radius 1 is 1.33 bits per heavy atom. The van der Waals surface area contributed by atoms with Crippen molar-refractivity contribution in [2.75, 3.05) is 24.7 Å². The molecule has 142 valence electrons. The minimum atomic E-state index is -3.83. The minimum absolute atomic E-state index is 0.0740. The van der Waals surface area contributed by atoms with Gasteiger partial charge in [-0.2, -0.15) is 4.31 Å². The van der Waals surface area contributed by atoms with Gasteiger partial charge in [-0.3, -0.25) is 14.6 Å². The third kappa shape index (κ3) is 4.65. The van der Waals surface area contributed by atoms with Crippen molar-refractivity contribution in [1.82, 2.24) is 14.6 Å². The molecule has 0 spiro atoms. The Hall–Kier alpha value is -2.43. The Bertz CT molecular complexity index is 964. The standard InChI is InChI=1S/C17H18N4O4S2/c1-21(10-16(22)19-9-12-4-2-3-7-18-12)27(24,25)13-5-6-14-15(8-13)26-11-17(23)20-14/h2-8H,9-11H2,1H3,(H,19,22)(H,20,23). The molecule has 0 fully saturated rings. The summed E-state index contributed by atoms with van der Waals surface area (Å²) in [7, 11) is -2.48. The Morgan fingerprint density at radius 3 is 2.89 bits per heavy atom. The smallest absolute Gasteiger partial charge is 0.243 e. The number of pyridine rings is 1. The Morgan fingerprint density at radius 2 is 2.15 bits per heavy atom. The molecular formula is C17H18N4O4S2. The number of likely N-dealkylation sites (N-methyl/N-ethyl adjacent to an activating group) is 1. The molecule has 0 unspecified atom stereocenters. The molecule has 2 N–H and O–H groups in total. The van der Waals surface area contributed by atoms with E-state index in [1.54, 1.807) is 24.4 Å². The fourth-order valence-electron chi connectivity index (χ4n) is 2.43. The van der Waals surface area contributed by atoms with Crippen LogP contribution in [-0.2, 0) is 26.2 Å². The summed E-state index contributed by atoms with van der Waals surface area (Å²) in [6.45, 7) is -0.0844. The zero-order valence-corrected chi connectivity index (χ0v) is 16.1. The van der Waals surface area contributed by atoms with Crippen molar-refractivity contribution in [1.29, 1.82) is 0 Å². The maximum absolute atomic E-state index is 12.7. The van der Waals surface area contributed by atoms with Gasteiger partial charge >= 0.3 is 0 Å². The zero-order chi connectivity index (χ0) is 19.4. The van der Waals surface area contributed by atoms with E-state index in [4.69, 9.17) is 0 Å². The lowest BCUT2D eigenvalue weighted by molar-refractivity contribution is -0.121. The highest BCUT2D eigenvalue weighted by atomic mass is 32.2. The second kappa shape index (κ2) is 8.07. The highest BCUT2D eigenvalue weighted by molar-refractivity contribution is 8.00. The molecule has 1 aliphatic heterocycles. The quantitative estimate of drug-likeness (QED) is 0.743. The third-order valence-electron chi connectivity index (χ3n) is 3.85. The van der Waals surface area contributed by atoms with Gasteiger partial charge in [-0.25, -0.2) is 8.42 Å². The van der Waals surface area contributed by atoms with Crippen LogP contribution in [0.5, 0.6) is 0 Å². The molecule has 0 aliphatic carbocycles. The van der Waals surface area contributed by atoms with Crippen LogP contribution in [0.4, 0.5) is 5.69 Å². The molecule has 10 heteroatoms. The molecule has 1 aliphatic rings. The molecule has 0 saturated heterocycles. The molecule has 0 radical (unpaired) electrons. The van der Waals surface area contributed by atoms with Gasteiger partial charge in [-0.1, -0.05) is 6.07 Å². The third-order valence-corrected chi connectivity index (χ3v) is 6.71. The lowest BCUT2D eigenvalue weighted by Gasteiger charge is -2.20. The van der Waals surface area contributed by atoms with Crippen LogP contribution >= 0.6 is 11.8 Å². The van der Waals surface area contributed by atoms with Gasteiger partial charge in [0.25, 0.3) is 0 Å². The summed E-state index contributed by atoms with van der Waals surface area (Å²) in [5.74, 6) is -0.307. The number of carbonyl (C=O) groups excluding carboxylic acids is 2. The van der Waals surface area contributed by atoms with E-state index >= 15 is 0 Å². The number of amides is 2. The van der Waals surface area contributed by atoms with E-state index in [1.807, 2.05) is 6.07 Å². The molecule has 0 saturated carbocycles. The van der Waals surface area contributed by atoms with Gasteiger partial charge in [0.05, 0.1) is 35.1 Å². The summed E-state index contributed by atoms with van der Waals surface area (Å²) in [5.41, 5.74) is 1.27. The normalized spacial score (nSPS) is 13.8. The summed E-state index contributed by atoms with van der Waals surface area (Å²) in [6.07, 6.45) is 1.62. The van der Waals surface area contributed by atoms with Crippen molar-refractivity contribution in [3.05, 3.63) is 48.3 Å². The average Bonchev–Trinajstić information content (AvgIpc) is 2.66. The summed E-state index contributed by atoms with van der Waals surface area (Å²) in [5, 5.41) is 5.34. The zero-order valence-electron chi connectivity index (χ0n) is 14.5. The van der Waals surface area contributed by atoms with Gasteiger partial charge in [-0.15, -0.1) is 11.8 Å². The number of aromatic nitrogens is 1. The monoisotopic (exact) mass is 406 g/mol. The molecule has 0 atom stereocenters. The molecule has 3 rings (SSSR count). The average molecular weight is 406 g/mol. The van der Waals surface area contributed by atoms with E-state index in [0.717, 1.165) is 4.31 Å². The SMILES string of the molecule is CN(CC(=O)NCc1ccccn1)S(=O)(=O)c1ccc2c(c1)SCC(=O)N2. The van der Waals surface area contributed by atoms with Crippen molar-refractivity contribution < 1.29 is 18.0 Å². The van der Waals surface area contributed by atoms with E-state index in [9.17, 15) is 18.0 Å². The predicted molar refractivity (Wildman–Crippen MR) is 102 cm³/mol. The highest BCUT2D eigenvalue weighted by Gasteiger charge is 2.25. The fourth-order valence-corrected chi connectivity index (χ4v) is 4.50. The molecule has 0 bridgehead atoms. The van der Waals surface area contributed by atoms with Crippen LogP contribution in [-0.4, -0.2) is 48.9 Å². The summed E-state index contributed by atoms with van der Waals surface area (Å²) in [6, 6.07) is 9.83. The first-order chi connectivity index (χ1) is 12.9. The Labute approximate surface area is 161 Å². The van der Waals surface area contributed by atoms with Gasteiger partial charge in [-0.05, 0) is 30.3 Å². The maximum Gasteiger partial charge on any atom is 0.243 e.